The minimum Gasteiger partial charge on any atom is -0.384 e. The van der Waals surface area contributed by atoms with E-state index in [9.17, 15) is 13.6 Å². The molecule has 0 saturated carbocycles. The molecule has 1 amide bonds. The van der Waals surface area contributed by atoms with E-state index < -0.39 is 17.5 Å². The number of hydrogen-bond donors (Lipinski definition) is 2. The summed E-state index contributed by atoms with van der Waals surface area (Å²) in [6.45, 7) is 2.27. The fraction of sp³-hybridized carbons (Fsp3) is 0.154. The van der Waals surface area contributed by atoms with Crippen LogP contribution in [-0.2, 0) is 0 Å². The molecule has 21 heavy (non-hydrogen) atoms. The molecule has 2 aromatic rings. The lowest BCUT2D eigenvalue weighted by Gasteiger charge is -2.13. The van der Waals surface area contributed by atoms with Gasteiger partial charge in [0.1, 0.15) is 0 Å². The summed E-state index contributed by atoms with van der Waals surface area (Å²) in [6, 6.07) is 3.24. The Morgan fingerprint density at radius 2 is 1.95 bits per heavy atom. The number of carbonyl (C=O) groups is 1. The van der Waals surface area contributed by atoms with Gasteiger partial charge in [0.15, 0.2) is 16.8 Å². The lowest BCUT2D eigenvalue weighted by Crippen LogP contribution is -2.15. The highest BCUT2D eigenvalue weighted by Gasteiger charge is 2.15. The molecule has 1 aromatic heterocycles. The van der Waals surface area contributed by atoms with Crippen LogP contribution in [0.4, 0.5) is 20.2 Å². The molecule has 0 fully saturated rings. The first kappa shape index (κ1) is 15.1. The number of nitrogens with one attached hydrogen (secondary N) is 2. The van der Waals surface area contributed by atoms with Gasteiger partial charge in [-0.2, -0.15) is 5.10 Å². The van der Waals surface area contributed by atoms with Gasteiger partial charge in [-0.25, -0.2) is 8.78 Å². The average Bonchev–Trinajstić information content (AvgIpc) is 2.45. The Labute approximate surface area is 124 Å². The van der Waals surface area contributed by atoms with Crippen LogP contribution >= 0.6 is 11.6 Å². The zero-order valence-corrected chi connectivity index (χ0v) is 11.7. The van der Waals surface area contributed by atoms with Crippen LogP contribution in [0.15, 0.2) is 24.4 Å². The van der Waals surface area contributed by atoms with Gasteiger partial charge in [-0.05, 0) is 13.0 Å². The Bertz CT molecular complexity index is 681. The summed E-state index contributed by atoms with van der Waals surface area (Å²) in [6.07, 6.45) is 1.30. The van der Waals surface area contributed by atoms with Crippen molar-refractivity contribution in [2.24, 2.45) is 0 Å². The second kappa shape index (κ2) is 6.45. The molecular formula is C13H11ClF2N4O. The van der Waals surface area contributed by atoms with E-state index in [0.29, 0.717) is 6.54 Å². The fourth-order valence-corrected chi connectivity index (χ4v) is 1.85. The molecule has 8 heteroatoms. The average molecular weight is 313 g/mol. The topological polar surface area (TPSA) is 66.9 Å². The molecule has 2 N–H and O–H groups in total. The summed E-state index contributed by atoms with van der Waals surface area (Å²) >= 11 is 5.76. The molecule has 0 atom stereocenters. The number of aromatic nitrogens is 2. The number of carbonyl (C=O) groups excluding carboxylic acids is 1. The molecule has 1 aromatic carbocycles. The molecule has 0 unspecified atom stereocenters. The van der Waals surface area contributed by atoms with Crippen LogP contribution in [0.1, 0.15) is 17.3 Å². The van der Waals surface area contributed by atoms with E-state index >= 15 is 0 Å². The third-order valence-electron chi connectivity index (χ3n) is 2.60. The van der Waals surface area contributed by atoms with Crippen LogP contribution in [0, 0.1) is 11.6 Å². The van der Waals surface area contributed by atoms with Gasteiger partial charge in [-0.15, -0.1) is 5.10 Å². The van der Waals surface area contributed by atoms with Gasteiger partial charge >= 0.3 is 0 Å². The standard InChI is InChI=1S/C13H11ClF2N4O/c1-2-17-10-5-8(15)9(16)6-11(10)19-13(21)7-3-4-18-20-12(7)14/h3-6,17H,2H2,1H3,(H,19,21). The summed E-state index contributed by atoms with van der Waals surface area (Å²) in [5, 5.41) is 12.3. The monoisotopic (exact) mass is 312 g/mol. The van der Waals surface area contributed by atoms with Gasteiger partial charge < -0.3 is 10.6 Å². The van der Waals surface area contributed by atoms with Crippen molar-refractivity contribution in [3.63, 3.8) is 0 Å². The molecule has 0 saturated heterocycles. The number of halogens is 3. The Balaban J connectivity index is 2.32. The van der Waals surface area contributed by atoms with Gasteiger partial charge in [0, 0.05) is 18.7 Å². The number of benzene rings is 1. The van der Waals surface area contributed by atoms with Crippen LogP contribution in [0.2, 0.25) is 5.15 Å². The molecule has 5 nitrogen and oxygen atoms in total. The molecule has 1 heterocycles. The van der Waals surface area contributed by atoms with E-state index in [1.54, 1.807) is 6.92 Å². The van der Waals surface area contributed by atoms with E-state index in [-0.39, 0.29) is 22.1 Å². The normalized spacial score (nSPS) is 10.3. The molecule has 2 rings (SSSR count). The Kier molecular flexibility index (Phi) is 4.64. The molecule has 0 bridgehead atoms. The van der Waals surface area contributed by atoms with Crippen LogP contribution in [0.25, 0.3) is 0 Å². The number of amides is 1. The largest absolute Gasteiger partial charge is 0.384 e. The number of nitrogens with zero attached hydrogens (tertiary/aromatic N) is 2. The number of rotatable bonds is 4. The second-order valence-corrected chi connectivity index (χ2v) is 4.39. The van der Waals surface area contributed by atoms with Crippen LogP contribution in [0.3, 0.4) is 0 Å². The van der Waals surface area contributed by atoms with E-state index in [2.05, 4.69) is 20.8 Å². The van der Waals surface area contributed by atoms with Crippen molar-refractivity contribution in [1.82, 2.24) is 10.2 Å². The van der Waals surface area contributed by atoms with Crippen molar-refractivity contribution >= 4 is 28.9 Å². The SMILES string of the molecule is CCNc1cc(F)c(F)cc1NC(=O)c1ccnnc1Cl. The van der Waals surface area contributed by atoms with Crippen LogP contribution in [0.5, 0.6) is 0 Å². The highest BCUT2D eigenvalue weighted by atomic mass is 35.5. The zero-order chi connectivity index (χ0) is 15.4. The van der Waals surface area contributed by atoms with Gasteiger partial charge in [0.05, 0.1) is 23.1 Å². The minimum atomic E-state index is -1.06. The van der Waals surface area contributed by atoms with Crippen molar-refractivity contribution < 1.29 is 13.6 Å². The van der Waals surface area contributed by atoms with E-state index in [0.717, 1.165) is 12.1 Å². The fourth-order valence-electron chi connectivity index (χ4n) is 1.66. The Hall–Kier alpha value is -2.28. The second-order valence-electron chi connectivity index (χ2n) is 4.03. The smallest absolute Gasteiger partial charge is 0.258 e. The zero-order valence-electron chi connectivity index (χ0n) is 11.0. The molecule has 0 aliphatic heterocycles. The van der Waals surface area contributed by atoms with Gasteiger partial charge in [-0.3, -0.25) is 4.79 Å². The number of hydrogen-bond acceptors (Lipinski definition) is 4. The first-order valence-electron chi connectivity index (χ1n) is 6.04. The maximum Gasteiger partial charge on any atom is 0.258 e. The van der Waals surface area contributed by atoms with Crippen molar-refractivity contribution in [2.75, 3.05) is 17.2 Å². The third-order valence-corrected chi connectivity index (χ3v) is 2.88. The summed E-state index contributed by atoms with van der Waals surface area (Å²) in [7, 11) is 0. The van der Waals surface area contributed by atoms with E-state index in [1.165, 1.54) is 12.3 Å². The highest BCUT2D eigenvalue weighted by molar-refractivity contribution is 6.33. The van der Waals surface area contributed by atoms with Crippen molar-refractivity contribution in [2.45, 2.75) is 6.92 Å². The lowest BCUT2D eigenvalue weighted by molar-refractivity contribution is 0.102. The summed E-state index contributed by atoms with van der Waals surface area (Å²) in [5.41, 5.74) is 0.454. The van der Waals surface area contributed by atoms with E-state index in [4.69, 9.17) is 11.6 Å². The third kappa shape index (κ3) is 3.43. The first-order chi connectivity index (χ1) is 10.0. The van der Waals surface area contributed by atoms with Crippen molar-refractivity contribution in [3.8, 4) is 0 Å². The van der Waals surface area contributed by atoms with E-state index in [1.807, 2.05) is 0 Å². The maximum atomic E-state index is 13.3. The first-order valence-corrected chi connectivity index (χ1v) is 6.42. The minimum absolute atomic E-state index is 0.0809. The molecule has 0 aliphatic carbocycles. The quantitative estimate of drug-likeness (QED) is 0.910. The highest BCUT2D eigenvalue weighted by Crippen LogP contribution is 2.26. The maximum absolute atomic E-state index is 13.3. The molecule has 0 radical (unpaired) electrons. The summed E-state index contributed by atoms with van der Waals surface area (Å²) < 4.78 is 26.6. The Morgan fingerprint density at radius 1 is 1.29 bits per heavy atom. The van der Waals surface area contributed by atoms with Gasteiger partial charge in [0.25, 0.3) is 5.91 Å². The summed E-state index contributed by atoms with van der Waals surface area (Å²) in [4.78, 5) is 12.1. The predicted octanol–water partition coefficient (Wildman–Crippen LogP) is 3.09. The van der Waals surface area contributed by atoms with Crippen LogP contribution in [-0.4, -0.2) is 22.6 Å². The Morgan fingerprint density at radius 3 is 2.57 bits per heavy atom. The summed E-state index contributed by atoms with van der Waals surface area (Å²) in [5.74, 6) is -2.67. The molecule has 110 valence electrons. The molecule has 0 aliphatic rings. The molecule has 0 spiro atoms. The lowest BCUT2D eigenvalue weighted by atomic mass is 10.2. The van der Waals surface area contributed by atoms with Crippen molar-refractivity contribution in [1.29, 1.82) is 0 Å². The molecular weight excluding hydrogens is 302 g/mol. The van der Waals surface area contributed by atoms with Gasteiger partial charge in [-0.1, -0.05) is 11.6 Å². The van der Waals surface area contributed by atoms with Crippen molar-refractivity contribution in [3.05, 3.63) is 46.7 Å². The number of anilines is 2. The predicted molar refractivity (Wildman–Crippen MR) is 75.5 cm³/mol. The van der Waals surface area contributed by atoms with Crippen LogP contribution < -0.4 is 10.6 Å². The van der Waals surface area contributed by atoms with Gasteiger partial charge in [0.2, 0.25) is 0 Å².